The minimum atomic E-state index is -0.700. The van der Waals surface area contributed by atoms with Gasteiger partial charge in [-0.05, 0) is 80.9 Å². The molecule has 0 spiro atoms. The normalized spacial score (nSPS) is 30.2. The second-order valence-corrected chi connectivity index (χ2v) is 9.90. The van der Waals surface area contributed by atoms with Crippen molar-refractivity contribution in [1.82, 2.24) is 9.80 Å². The maximum absolute atomic E-state index is 13.5. The number of alkyl halides is 1. The molecule has 1 aromatic carbocycles. The van der Waals surface area contributed by atoms with E-state index in [9.17, 15) is 19.1 Å². The molecule has 32 heavy (non-hydrogen) atoms. The standard InChI is InChI=1S/C25H36FN3O3/c26-21-6-4-17(5-7-21)15-28(24(31)16-30)10-11-29-22-8-9-23(29)14-20(13-22)18-2-1-3-19(12-18)25(27)32/h1-3,12,17,20-23,30H,4-11,13-16H2,(H2,27,32). The first kappa shape index (κ1) is 23.2. The largest absolute Gasteiger partial charge is 0.387 e. The summed E-state index contributed by atoms with van der Waals surface area (Å²) in [7, 11) is 0. The highest BCUT2D eigenvalue weighted by atomic mass is 19.1. The number of carbonyl (C=O) groups is 2. The Morgan fingerprint density at radius 3 is 2.41 bits per heavy atom. The molecule has 7 heteroatoms. The fourth-order valence-electron chi connectivity index (χ4n) is 6.13. The Morgan fingerprint density at radius 2 is 1.78 bits per heavy atom. The zero-order valence-electron chi connectivity index (χ0n) is 18.8. The molecule has 2 heterocycles. The number of amides is 2. The highest BCUT2D eigenvalue weighted by molar-refractivity contribution is 5.92. The summed E-state index contributed by atoms with van der Waals surface area (Å²) < 4.78 is 13.5. The van der Waals surface area contributed by atoms with Gasteiger partial charge < -0.3 is 15.7 Å². The number of halogens is 1. The van der Waals surface area contributed by atoms with Crippen LogP contribution in [0.4, 0.5) is 4.39 Å². The molecule has 2 aliphatic heterocycles. The van der Waals surface area contributed by atoms with Gasteiger partial charge in [0.25, 0.3) is 0 Å². The van der Waals surface area contributed by atoms with Crippen LogP contribution in [-0.2, 0) is 4.79 Å². The molecule has 1 saturated carbocycles. The van der Waals surface area contributed by atoms with E-state index in [1.807, 2.05) is 12.1 Å². The van der Waals surface area contributed by atoms with Crippen LogP contribution in [0.5, 0.6) is 0 Å². The van der Waals surface area contributed by atoms with Gasteiger partial charge in [-0.15, -0.1) is 0 Å². The van der Waals surface area contributed by atoms with Crippen LogP contribution in [0.15, 0.2) is 24.3 Å². The van der Waals surface area contributed by atoms with E-state index in [0.717, 1.165) is 45.1 Å². The minimum absolute atomic E-state index is 0.224. The predicted molar refractivity (Wildman–Crippen MR) is 121 cm³/mol. The summed E-state index contributed by atoms with van der Waals surface area (Å²) in [5, 5.41) is 9.45. The molecule has 0 radical (unpaired) electrons. The van der Waals surface area contributed by atoms with Crippen LogP contribution in [0.1, 0.15) is 73.2 Å². The van der Waals surface area contributed by atoms with Crippen LogP contribution in [0, 0.1) is 5.92 Å². The average Bonchev–Trinajstić information content (AvgIpc) is 3.03. The van der Waals surface area contributed by atoms with Crippen molar-refractivity contribution >= 4 is 11.8 Å². The molecule has 3 N–H and O–H groups in total. The summed E-state index contributed by atoms with van der Waals surface area (Å²) in [4.78, 5) is 28.3. The van der Waals surface area contributed by atoms with Crippen molar-refractivity contribution in [1.29, 1.82) is 0 Å². The van der Waals surface area contributed by atoms with Crippen molar-refractivity contribution in [2.45, 2.75) is 75.5 Å². The van der Waals surface area contributed by atoms with Crippen LogP contribution in [0.3, 0.4) is 0 Å². The fraction of sp³-hybridized carbons (Fsp3) is 0.680. The molecule has 2 saturated heterocycles. The lowest BCUT2D eigenvalue weighted by molar-refractivity contribution is -0.135. The Kier molecular flexibility index (Phi) is 7.46. The van der Waals surface area contributed by atoms with Crippen LogP contribution >= 0.6 is 0 Å². The number of nitrogens with two attached hydrogens (primary N) is 1. The van der Waals surface area contributed by atoms with Crippen molar-refractivity contribution in [2.75, 3.05) is 26.2 Å². The van der Waals surface area contributed by atoms with E-state index in [4.69, 9.17) is 5.73 Å². The number of rotatable bonds is 8. The Bertz CT molecular complexity index is 797. The number of benzene rings is 1. The van der Waals surface area contributed by atoms with Gasteiger partial charge in [0.05, 0.1) is 0 Å². The molecule has 6 nitrogen and oxygen atoms in total. The van der Waals surface area contributed by atoms with Crippen LogP contribution in [0.25, 0.3) is 0 Å². The molecule has 2 atom stereocenters. The lowest BCUT2D eigenvalue weighted by atomic mass is 9.84. The van der Waals surface area contributed by atoms with E-state index >= 15 is 0 Å². The van der Waals surface area contributed by atoms with Gasteiger partial charge in [0.1, 0.15) is 12.8 Å². The molecule has 3 fully saturated rings. The van der Waals surface area contributed by atoms with Crippen LogP contribution in [-0.4, -0.2) is 71.2 Å². The van der Waals surface area contributed by atoms with Gasteiger partial charge in [0.15, 0.2) is 0 Å². The highest BCUT2D eigenvalue weighted by Crippen LogP contribution is 2.43. The molecule has 1 aromatic rings. The van der Waals surface area contributed by atoms with Crippen molar-refractivity contribution < 1.29 is 19.1 Å². The Balaban J connectivity index is 1.35. The topological polar surface area (TPSA) is 86.9 Å². The maximum atomic E-state index is 13.5. The van der Waals surface area contributed by atoms with E-state index in [0.29, 0.717) is 55.4 Å². The molecular formula is C25H36FN3O3. The molecule has 0 aromatic heterocycles. The molecule has 3 aliphatic rings. The molecule has 176 valence electrons. The lowest BCUT2D eigenvalue weighted by Gasteiger charge is -2.40. The van der Waals surface area contributed by atoms with E-state index in [1.54, 1.807) is 11.0 Å². The summed E-state index contributed by atoms with van der Waals surface area (Å²) in [6, 6.07) is 8.67. The van der Waals surface area contributed by atoms with Gasteiger partial charge in [-0.2, -0.15) is 0 Å². The highest BCUT2D eigenvalue weighted by Gasteiger charge is 2.41. The van der Waals surface area contributed by atoms with Crippen molar-refractivity contribution in [3.8, 4) is 0 Å². The monoisotopic (exact) mass is 445 g/mol. The van der Waals surface area contributed by atoms with Gasteiger partial charge in [0.2, 0.25) is 11.8 Å². The summed E-state index contributed by atoms with van der Waals surface area (Å²) in [6.07, 6.45) is 6.51. The number of hydrogen-bond acceptors (Lipinski definition) is 4. The smallest absolute Gasteiger partial charge is 0.248 e. The second kappa shape index (κ2) is 10.3. The zero-order chi connectivity index (χ0) is 22.7. The number of carbonyl (C=O) groups excluding carboxylic acids is 2. The number of fused-ring (bicyclic) bond motifs is 2. The first-order valence-corrected chi connectivity index (χ1v) is 12.1. The number of aliphatic hydroxyl groups excluding tert-OH is 1. The Hall–Kier alpha value is -1.99. The number of hydrogen-bond donors (Lipinski definition) is 2. The van der Waals surface area contributed by atoms with Gasteiger partial charge >= 0.3 is 0 Å². The van der Waals surface area contributed by atoms with Crippen LogP contribution in [0.2, 0.25) is 0 Å². The van der Waals surface area contributed by atoms with Crippen LogP contribution < -0.4 is 5.73 Å². The van der Waals surface area contributed by atoms with Crippen molar-refractivity contribution in [2.24, 2.45) is 11.7 Å². The van der Waals surface area contributed by atoms with Gasteiger partial charge in [0, 0.05) is 37.3 Å². The summed E-state index contributed by atoms with van der Waals surface area (Å²) in [5.74, 6) is 0.144. The summed E-state index contributed by atoms with van der Waals surface area (Å²) in [6.45, 7) is 1.58. The predicted octanol–water partition coefficient (Wildman–Crippen LogP) is 2.85. The minimum Gasteiger partial charge on any atom is -0.387 e. The Morgan fingerprint density at radius 1 is 1.09 bits per heavy atom. The van der Waals surface area contributed by atoms with Gasteiger partial charge in [-0.1, -0.05) is 12.1 Å². The van der Waals surface area contributed by atoms with Crippen molar-refractivity contribution in [3.05, 3.63) is 35.4 Å². The summed E-state index contributed by atoms with van der Waals surface area (Å²) in [5.41, 5.74) is 7.22. The van der Waals surface area contributed by atoms with E-state index < -0.39 is 12.8 Å². The maximum Gasteiger partial charge on any atom is 0.248 e. The molecular weight excluding hydrogens is 409 g/mol. The first-order chi connectivity index (χ1) is 15.4. The number of nitrogens with zero attached hydrogens (tertiary/aromatic N) is 2. The lowest BCUT2D eigenvalue weighted by Crippen LogP contribution is -2.48. The number of piperidine rings is 1. The Labute approximate surface area is 189 Å². The molecule has 1 aliphatic carbocycles. The quantitative estimate of drug-likeness (QED) is 0.644. The zero-order valence-corrected chi connectivity index (χ0v) is 18.8. The molecule has 2 unspecified atom stereocenters. The van der Waals surface area contributed by atoms with E-state index in [2.05, 4.69) is 11.0 Å². The first-order valence-electron chi connectivity index (χ1n) is 12.1. The number of aliphatic hydroxyl groups is 1. The SMILES string of the molecule is NC(=O)c1cccc(C2CC3CCC(C2)N3CCN(CC2CCC(F)CC2)C(=O)CO)c1. The molecule has 2 bridgehead atoms. The average molecular weight is 446 g/mol. The van der Waals surface area contributed by atoms with Gasteiger partial charge in [-0.3, -0.25) is 14.5 Å². The second-order valence-electron chi connectivity index (χ2n) is 9.90. The fourth-order valence-corrected chi connectivity index (χ4v) is 6.13. The summed E-state index contributed by atoms with van der Waals surface area (Å²) >= 11 is 0. The molecule has 4 rings (SSSR count). The van der Waals surface area contributed by atoms with Crippen molar-refractivity contribution in [3.63, 3.8) is 0 Å². The van der Waals surface area contributed by atoms with E-state index in [-0.39, 0.29) is 11.8 Å². The number of primary amides is 1. The third kappa shape index (κ3) is 5.31. The third-order valence-corrected chi connectivity index (χ3v) is 7.90. The van der Waals surface area contributed by atoms with Gasteiger partial charge in [-0.25, -0.2) is 4.39 Å². The molecule has 2 amide bonds. The van der Waals surface area contributed by atoms with E-state index in [1.165, 1.54) is 5.56 Å². The third-order valence-electron chi connectivity index (χ3n) is 7.90.